The van der Waals surface area contributed by atoms with Crippen molar-refractivity contribution in [1.82, 2.24) is 0 Å². The minimum absolute atomic E-state index is 0. The van der Waals surface area contributed by atoms with Gasteiger partial charge in [-0.25, -0.2) is 0 Å². The van der Waals surface area contributed by atoms with Gasteiger partial charge in [-0.05, 0) is 0 Å². The van der Waals surface area contributed by atoms with E-state index in [9.17, 15) is 0 Å². The Morgan fingerprint density at radius 2 is 1.25 bits per heavy atom. The van der Waals surface area contributed by atoms with Gasteiger partial charge in [0.15, 0.2) is 0 Å². The van der Waals surface area contributed by atoms with Gasteiger partial charge < -0.3 is 0 Å². The Hall–Kier alpha value is 1.52. The first-order valence-corrected chi connectivity index (χ1v) is 4.24. The molecule has 0 saturated carbocycles. The topological polar surface area (TPSA) is 0 Å². The first kappa shape index (κ1) is 9.10. The van der Waals surface area contributed by atoms with Gasteiger partial charge in [0, 0.05) is 29.6 Å². The van der Waals surface area contributed by atoms with E-state index >= 15 is 0 Å². The molecule has 0 amide bonds. The number of hydrogen-bond acceptors (Lipinski definition) is 0. The standard InChI is InChI=1S/C2H6Se.Na/c1-3-2;/h1-2H3;. The average molecular weight is 132 g/mol. The summed E-state index contributed by atoms with van der Waals surface area (Å²) in [6.07, 6.45) is 0. The Morgan fingerprint density at radius 3 is 1.25 bits per heavy atom. The van der Waals surface area contributed by atoms with Crippen LogP contribution in [0.4, 0.5) is 0 Å². The van der Waals surface area contributed by atoms with E-state index in [1.54, 1.807) is 0 Å². The summed E-state index contributed by atoms with van der Waals surface area (Å²) in [7, 11) is 0. The van der Waals surface area contributed by atoms with Gasteiger partial charge in [0.05, 0.1) is 0 Å². The van der Waals surface area contributed by atoms with Crippen molar-refractivity contribution >= 4 is 44.5 Å². The summed E-state index contributed by atoms with van der Waals surface area (Å²) in [5, 5.41) is 0. The second-order valence-corrected chi connectivity index (χ2v) is 2.12. The molecule has 0 spiro atoms. The molecule has 0 fully saturated rings. The van der Waals surface area contributed by atoms with Crippen molar-refractivity contribution in [3.63, 3.8) is 0 Å². The molecule has 0 heterocycles. The SMILES string of the molecule is C[Se]C.[Na]. The van der Waals surface area contributed by atoms with Crippen molar-refractivity contribution < 1.29 is 0 Å². The van der Waals surface area contributed by atoms with E-state index in [-0.39, 0.29) is 29.6 Å². The van der Waals surface area contributed by atoms with Crippen molar-refractivity contribution in [2.45, 2.75) is 11.6 Å². The average Bonchev–Trinajstić information content (AvgIpc) is 0.918. The Labute approximate surface area is 55.8 Å². The molecule has 0 aromatic heterocycles. The molecule has 0 rings (SSSR count). The van der Waals surface area contributed by atoms with Gasteiger partial charge in [0.2, 0.25) is 0 Å². The molecule has 0 nitrogen and oxygen atoms in total. The molecule has 0 aliphatic rings. The van der Waals surface area contributed by atoms with E-state index in [1.807, 2.05) is 0 Å². The molecule has 0 aliphatic carbocycles. The van der Waals surface area contributed by atoms with E-state index < -0.39 is 0 Å². The molecule has 2 heteroatoms. The molecule has 0 bridgehead atoms. The molecule has 0 aromatic carbocycles. The van der Waals surface area contributed by atoms with Gasteiger partial charge >= 0.3 is 26.6 Å². The predicted molar refractivity (Wildman–Crippen MR) is 23.2 cm³/mol. The summed E-state index contributed by atoms with van der Waals surface area (Å²) >= 11 is 0.875. The molecule has 0 atom stereocenters. The molecule has 0 saturated heterocycles. The third-order valence-electron chi connectivity index (χ3n) is 0. The van der Waals surface area contributed by atoms with E-state index in [0.29, 0.717) is 0 Å². The maximum atomic E-state index is 2.19. The van der Waals surface area contributed by atoms with Crippen molar-refractivity contribution in [2.75, 3.05) is 0 Å². The maximum Gasteiger partial charge on any atom is 0 e. The van der Waals surface area contributed by atoms with Gasteiger partial charge in [0.1, 0.15) is 0 Å². The smallest absolute Gasteiger partial charge is 0 e. The van der Waals surface area contributed by atoms with Gasteiger partial charge in [-0.1, -0.05) is 0 Å². The predicted octanol–water partition coefficient (Wildman–Crippen LogP) is 0.406. The third-order valence-corrected chi connectivity index (χ3v) is 0. The second kappa shape index (κ2) is 8.82. The van der Waals surface area contributed by atoms with Crippen LogP contribution < -0.4 is 0 Å². The largest absolute Gasteiger partial charge is 0 e. The van der Waals surface area contributed by atoms with Crippen LogP contribution >= 0.6 is 0 Å². The summed E-state index contributed by atoms with van der Waals surface area (Å²) < 4.78 is 0. The van der Waals surface area contributed by atoms with Crippen LogP contribution in [-0.2, 0) is 0 Å². The Bertz CT molecular complexity index is 6.00. The van der Waals surface area contributed by atoms with E-state index in [0.717, 1.165) is 15.0 Å². The minimum atomic E-state index is 0. The van der Waals surface area contributed by atoms with Crippen LogP contribution in [-0.4, -0.2) is 44.5 Å². The van der Waals surface area contributed by atoms with Crippen LogP contribution in [0.5, 0.6) is 0 Å². The summed E-state index contributed by atoms with van der Waals surface area (Å²) in [6.45, 7) is 0. The third kappa shape index (κ3) is 9.68. The zero-order valence-corrected chi connectivity index (χ0v) is 7.12. The first-order chi connectivity index (χ1) is 1.41. The Balaban J connectivity index is 0. The molecule has 0 unspecified atom stereocenters. The minimum Gasteiger partial charge on any atom is 0 e. The van der Waals surface area contributed by atoms with E-state index in [4.69, 9.17) is 0 Å². The fourth-order valence-electron chi connectivity index (χ4n) is 0. The first-order valence-electron chi connectivity index (χ1n) is 0.816. The van der Waals surface area contributed by atoms with Crippen molar-refractivity contribution in [1.29, 1.82) is 0 Å². The van der Waals surface area contributed by atoms with Gasteiger partial charge in [0.25, 0.3) is 0 Å². The van der Waals surface area contributed by atoms with E-state index in [1.165, 1.54) is 0 Å². The van der Waals surface area contributed by atoms with Crippen LogP contribution in [0, 0.1) is 0 Å². The zero-order valence-electron chi connectivity index (χ0n) is 3.41. The molecule has 0 aromatic rings. The van der Waals surface area contributed by atoms with Gasteiger partial charge in [-0.3, -0.25) is 0 Å². The van der Waals surface area contributed by atoms with Crippen molar-refractivity contribution in [2.24, 2.45) is 0 Å². The quantitative estimate of drug-likeness (QED) is 0.418. The molecule has 1 radical (unpaired) electrons. The molecule has 0 aliphatic heterocycles. The van der Waals surface area contributed by atoms with Crippen molar-refractivity contribution in [3.8, 4) is 0 Å². The maximum absolute atomic E-state index is 2.19. The van der Waals surface area contributed by atoms with Crippen LogP contribution in [0.1, 0.15) is 0 Å². The monoisotopic (exact) mass is 133 g/mol. The van der Waals surface area contributed by atoms with Crippen molar-refractivity contribution in [3.05, 3.63) is 0 Å². The second-order valence-electron chi connectivity index (χ2n) is 0.408. The number of rotatable bonds is 0. The van der Waals surface area contributed by atoms with Crippen LogP contribution in [0.2, 0.25) is 11.6 Å². The molecular weight excluding hydrogens is 126 g/mol. The summed E-state index contributed by atoms with van der Waals surface area (Å²) in [5.41, 5.74) is 0. The summed E-state index contributed by atoms with van der Waals surface area (Å²) in [5.74, 6) is 4.38. The number of hydrogen-bond donors (Lipinski definition) is 0. The molecule has 21 valence electrons. The van der Waals surface area contributed by atoms with Crippen LogP contribution in [0.15, 0.2) is 0 Å². The molecular formula is C2H6NaSe. The van der Waals surface area contributed by atoms with Gasteiger partial charge in [-0.15, -0.1) is 0 Å². The Morgan fingerprint density at radius 1 is 1.25 bits per heavy atom. The molecule has 0 N–H and O–H groups in total. The zero-order chi connectivity index (χ0) is 2.71. The summed E-state index contributed by atoms with van der Waals surface area (Å²) in [6, 6.07) is 0. The van der Waals surface area contributed by atoms with Crippen LogP contribution in [0.3, 0.4) is 0 Å². The van der Waals surface area contributed by atoms with E-state index in [2.05, 4.69) is 11.6 Å². The summed E-state index contributed by atoms with van der Waals surface area (Å²) in [4.78, 5) is 0. The normalized spacial score (nSPS) is 4.50. The van der Waals surface area contributed by atoms with Gasteiger partial charge in [-0.2, -0.15) is 0 Å². The molecule has 4 heavy (non-hydrogen) atoms. The fourth-order valence-corrected chi connectivity index (χ4v) is 0. The fraction of sp³-hybridized carbons (Fsp3) is 1.00. The van der Waals surface area contributed by atoms with Crippen LogP contribution in [0.25, 0.3) is 0 Å². The Kier molecular flexibility index (Phi) is 20.1.